The number of nitrogens with one attached hydrogen (secondary N) is 2. The minimum Gasteiger partial charge on any atom is -0.334 e. The molecule has 3 amide bonds. The van der Waals surface area contributed by atoms with E-state index in [1.54, 1.807) is 4.90 Å². The summed E-state index contributed by atoms with van der Waals surface area (Å²) in [5.41, 5.74) is 1.89. The number of hydrogen-bond donors (Lipinski definition) is 2. The van der Waals surface area contributed by atoms with E-state index in [1.807, 2.05) is 60.7 Å². The normalized spacial score (nSPS) is 17.1. The van der Waals surface area contributed by atoms with Crippen LogP contribution in [0.4, 0.5) is 10.5 Å². The number of amides is 3. The van der Waals surface area contributed by atoms with Gasteiger partial charge in [-0.25, -0.2) is 4.79 Å². The molecular weight excluding hydrogens is 290 g/mol. The SMILES string of the molecule is O=C(NCc1ccccc1)NC1CCN(c2ccccc2)C1=O. The number of anilines is 1. The molecule has 2 aromatic carbocycles. The summed E-state index contributed by atoms with van der Waals surface area (Å²) in [4.78, 5) is 26.1. The molecule has 1 saturated heterocycles. The lowest BCUT2D eigenvalue weighted by Crippen LogP contribution is -2.45. The molecule has 1 unspecified atom stereocenters. The molecule has 0 bridgehead atoms. The van der Waals surface area contributed by atoms with Crippen LogP contribution in [-0.2, 0) is 11.3 Å². The van der Waals surface area contributed by atoms with E-state index < -0.39 is 6.04 Å². The molecule has 1 atom stereocenters. The first-order chi connectivity index (χ1) is 11.2. The fraction of sp³-hybridized carbons (Fsp3) is 0.222. The number of hydrogen-bond acceptors (Lipinski definition) is 2. The molecule has 1 aliphatic rings. The van der Waals surface area contributed by atoms with E-state index in [4.69, 9.17) is 0 Å². The van der Waals surface area contributed by atoms with Crippen LogP contribution in [0.3, 0.4) is 0 Å². The molecule has 1 fully saturated rings. The highest BCUT2D eigenvalue weighted by atomic mass is 16.2. The predicted octanol–water partition coefficient (Wildman–Crippen LogP) is 2.29. The largest absolute Gasteiger partial charge is 0.334 e. The maximum atomic E-state index is 12.4. The average molecular weight is 309 g/mol. The molecule has 118 valence electrons. The van der Waals surface area contributed by atoms with Crippen LogP contribution in [0.1, 0.15) is 12.0 Å². The Labute approximate surface area is 135 Å². The Hall–Kier alpha value is -2.82. The number of para-hydroxylation sites is 1. The summed E-state index contributed by atoms with van der Waals surface area (Å²) in [5.74, 6) is -0.0638. The van der Waals surface area contributed by atoms with Crippen molar-refractivity contribution in [1.29, 1.82) is 0 Å². The average Bonchev–Trinajstić information content (AvgIpc) is 2.95. The monoisotopic (exact) mass is 309 g/mol. The lowest BCUT2D eigenvalue weighted by atomic mass is 10.2. The van der Waals surface area contributed by atoms with Gasteiger partial charge in [0.2, 0.25) is 5.91 Å². The molecule has 1 aliphatic heterocycles. The van der Waals surface area contributed by atoms with Gasteiger partial charge in [0.05, 0.1) is 0 Å². The van der Waals surface area contributed by atoms with Gasteiger partial charge in [0.15, 0.2) is 0 Å². The smallest absolute Gasteiger partial charge is 0.315 e. The number of benzene rings is 2. The van der Waals surface area contributed by atoms with Gasteiger partial charge in [0.1, 0.15) is 6.04 Å². The van der Waals surface area contributed by atoms with E-state index >= 15 is 0 Å². The van der Waals surface area contributed by atoms with E-state index in [-0.39, 0.29) is 11.9 Å². The van der Waals surface area contributed by atoms with Crippen LogP contribution >= 0.6 is 0 Å². The third-order valence-electron chi connectivity index (χ3n) is 3.87. The number of carbonyl (C=O) groups excluding carboxylic acids is 2. The Kier molecular flexibility index (Phi) is 4.57. The zero-order chi connectivity index (χ0) is 16.1. The van der Waals surface area contributed by atoms with Crippen molar-refractivity contribution >= 4 is 17.6 Å². The van der Waals surface area contributed by atoms with Crippen molar-refractivity contribution in [3.63, 3.8) is 0 Å². The highest BCUT2D eigenvalue weighted by molar-refractivity contribution is 6.01. The standard InChI is InChI=1S/C18H19N3O2/c22-17-16(11-12-21(17)15-9-5-2-6-10-15)20-18(23)19-13-14-7-3-1-4-8-14/h1-10,16H,11-13H2,(H2,19,20,23). The molecule has 0 aromatic heterocycles. The fourth-order valence-corrected chi connectivity index (χ4v) is 2.67. The Morgan fingerprint density at radius 3 is 2.39 bits per heavy atom. The van der Waals surface area contributed by atoms with Gasteiger partial charge in [-0.3, -0.25) is 4.79 Å². The Bertz CT molecular complexity index is 673. The lowest BCUT2D eigenvalue weighted by molar-refractivity contribution is -0.118. The van der Waals surface area contributed by atoms with E-state index in [0.29, 0.717) is 19.5 Å². The van der Waals surface area contributed by atoms with Crippen molar-refractivity contribution in [3.8, 4) is 0 Å². The van der Waals surface area contributed by atoms with Crippen LogP contribution in [0.5, 0.6) is 0 Å². The van der Waals surface area contributed by atoms with Gasteiger partial charge in [0.25, 0.3) is 0 Å². The van der Waals surface area contributed by atoms with Crippen molar-refractivity contribution in [1.82, 2.24) is 10.6 Å². The summed E-state index contributed by atoms with van der Waals surface area (Å²) in [5, 5.41) is 5.54. The molecular formula is C18H19N3O2. The minimum atomic E-state index is -0.467. The van der Waals surface area contributed by atoms with Gasteiger partial charge in [0, 0.05) is 18.8 Å². The predicted molar refractivity (Wildman–Crippen MR) is 89.0 cm³/mol. The highest BCUT2D eigenvalue weighted by Gasteiger charge is 2.33. The topological polar surface area (TPSA) is 61.4 Å². The Morgan fingerprint density at radius 2 is 1.70 bits per heavy atom. The molecule has 0 radical (unpaired) electrons. The second-order valence-electron chi connectivity index (χ2n) is 5.48. The maximum absolute atomic E-state index is 12.4. The van der Waals surface area contributed by atoms with E-state index in [9.17, 15) is 9.59 Å². The Balaban J connectivity index is 1.52. The maximum Gasteiger partial charge on any atom is 0.315 e. The molecule has 3 rings (SSSR count). The molecule has 1 heterocycles. The Morgan fingerprint density at radius 1 is 1.04 bits per heavy atom. The molecule has 5 heteroatoms. The summed E-state index contributed by atoms with van der Waals surface area (Å²) in [7, 11) is 0. The molecule has 0 spiro atoms. The molecule has 5 nitrogen and oxygen atoms in total. The number of urea groups is 1. The first-order valence-corrected chi connectivity index (χ1v) is 7.69. The summed E-state index contributed by atoms with van der Waals surface area (Å²) < 4.78 is 0. The van der Waals surface area contributed by atoms with Crippen molar-refractivity contribution in [2.45, 2.75) is 19.0 Å². The molecule has 0 aliphatic carbocycles. The van der Waals surface area contributed by atoms with E-state index in [1.165, 1.54) is 0 Å². The van der Waals surface area contributed by atoms with Crippen molar-refractivity contribution in [3.05, 3.63) is 66.2 Å². The van der Waals surface area contributed by atoms with Gasteiger partial charge in [-0.05, 0) is 24.1 Å². The second kappa shape index (κ2) is 6.96. The van der Waals surface area contributed by atoms with Crippen LogP contribution in [0, 0.1) is 0 Å². The summed E-state index contributed by atoms with van der Waals surface area (Å²) >= 11 is 0. The summed E-state index contributed by atoms with van der Waals surface area (Å²) in [6.45, 7) is 1.06. The molecule has 23 heavy (non-hydrogen) atoms. The lowest BCUT2D eigenvalue weighted by Gasteiger charge is -2.17. The summed E-state index contributed by atoms with van der Waals surface area (Å²) in [6.07, 6.45) is 0.618. The molecule has 2 N–H and O–H groups in total. The third-order valence-corrected chi connectivity index (χ3v) is 3.87. The van der Waals surface area contributed by atoms with Crippen molar-refractivity contribution in [2.24, 2.45) is 0 Å². The van der Waals surface area contributed by atoms with Crippen LogP contribution < -0.4 is 15.5 Å². The van der Waals surface area contributed by atoms with E-state index in [2.05, 4.69) is 10.6 Å². The van der Waals surface area contributed by atoms with Crippen LogP contribution in [0.2, 0.25) is 0 Å². The van der Waals surface area contributed by atoms with Gasteiger partial charge in [-0.1, -0.05) is 48.5 Å². The minimum absolute atomic E-state index is 0.0638. The molecule has 2 aromatic rings. The quantitative estimate of drug-likeness (QED) is 0.910. The van der Waals surface area contributed by atoms with Crippen molar-refractivity contribution in [2.75, 3.05) is 11.4 Å². The number of carbonyl (C=O) groups is 2. The number of nitrogens with zero attached hydrogens (tertiary/aromatic N) is 1. The van der Waals surface area contributed by atoms with Gasteiger partial charge in [-0.2, -0.15) is 0 Å². The van der Waals surface area contributed by atoms with Crippen LogP contribution in [0.15, 0.2) is 60.7 Å². The van der Waals surface area contributed by atoms with Crippen molar-refractivity contribution < 1.29 is 9.59 Å². The van der Waals surface area contributed by atoms with Gasteiger partial charge >= 0.3 is 6.03 Å². The molecule has 0 saturated carbocycles. The van der Waals surface area contributed by atoms with E-state index in [0.717, 1.165) is 11.3 Å². The third kappa shape index (κ3) is 3.69. The zero-order valence-corrected chi connectivity index (χ0v) is 12.7. The van der Waals surface area contributed by atoms with Gasteiger partial charge < -0.3 is 15.5 Å². The summed E-state index contributed by atoms with van der Waals surface area (Å²) in [6, 6.07) is 18.4. The number of rotatable bonds is 4. The first kappa shape index (κ1) is 15.1. The van der Waals surface area contributed by atoms with Gasteiger partial charge in [-0.15, -0.1) is 0 Å². The van der Waals surface area contributed by atoms with Crippen LogP contribution in [-0.4, -0.2) is 24.5 Å². The zero-order valence-electron chi connectivity index (χ0n) is 12.7. The highest BCUT2D eigenvalue weighted by Crippen LogP contribution is 2.20. The first-order valence-electron chi connectivity index (χ1n) is 7.69. The second-order valence-corrected chi connectivity index (χ2v) is 5.48. The van der Waals surface area contributed by atoms with Crippen LogP contribution in [0.25, 0.3) is 0 Å². The fourth-order valence-electron chi connectivity index (χ4n) is 2.67.